The molecule has 0 aromatic heterocycles. The van der Waals surface area contributed by atoms with Gasteiger partial charge in [-0.25, -0.2) is 0 Å². The van der Waals surface area contributed by atoms with Crippen molar-refractivity contribution in [1.29, 1.82) is 0 Å². The fourth-order valence-corrected chi connectivity index (χ4v) is 1.13. The third-order valence-electron chi connectivity index (χ3n) is 1.70. The van der Waals surface area contributed by atoms with E-state index < -0.39 is 0 Å². The Bertz CT molecular complexity index is 292. The van der Waals surface area contributed by atoms with Crippen LogP contribution in [-0.2, 0) is 0 Å². The first kappa shape index (κ1) is 9.95. The molecular weight excluding hydrogens is 182 g/mol. The van der Waals surface area contributed by atoms with Crippen LogP contribution in [0.25, 0.3) is 0 Å². The summed E-state index contributed by atoms with van der Waals surface area (Å²) in [7, 11) is 0. The Hall–Kier alpha value is -1.13. The minimum atomic E-state index is 0.0545. The number of hydrogen-bond acceptors (Lipinski definition) is 2. The molecule has 70 valence electrons. The average molecular weight is 195 g/mol. The van der Waals surface area contributed by atoms with E-state index in [0.29, 0.717) is 0 Å². The predicted octanol–water partition coefficient (Wildman–Crippen LogP) is 1.36. The van der Waals surface area contributed by atoms with E-state index in [0.717, 1.165) is 11.3 Å². The Labute approximate surface area is 83.1 Å². The highest BCUT2D eigenvalue weighted by atomic mass is 32.1. The molecule has 0 fully saturated rings. The Morgan fingerprint density at radius 3 is 2.31 bits per heavy atom. The molecule has 5 N–H and O–H groups in total. The van der Waals surface area contributed by atoms with Crippen molar-refractivity contribution in [3.63, 3.8) is 0 Å². The number of nitrogens with two attached hydrogens (primary N) is 2. The van der Waals surface area contributed by atoms with Gasteiger partial charge in [0.1, 0.15) is 0 Å². The Morgan fingerprint density at radius 2 is 1.92 bits per heavy atom. The van der Waals surface area contributed by atoms with Gasteiger partial charge >= 0.3 is 0 Å². The molecule has 0 bridgehead atoms. The number of nitrogens with one attached hydrogen (secondary N) is 1. The maximum absolute atomic E-state index is 5.69. The average Bonchev–Trinajstić information content (AvgIpc) is 2.04. The Morgan fingerprint density at radius 1 is 1.38 bits per heavy atom. The molecular formula is C9H13N3S. The minimum absolute atomic E-state index is 0.0545. The van der Waals surface area contributed by atoms with Gasteiger partial charge in [-0.05, 0) is 36.8 Å². The lowest BCUT2D eigenvalue weighted by molar-refractivity contribution is 0.818. The fraction of sp³-hybridized carbons (Fsp3) is 0.222. The molecule has 1 atom stereocenters. The van der Waals surface area contributed by atoms with Gasteiger partial charge in [0.05, 0.1) is 0 Å². The number of anilines is 1. The van der Waals surface area contributed by atoms with Crippen molar-refractivity contribution in [3.8, 4) is 0 Å². The zero-order valence-electron chi connectivity index (χ0n) is 7.45. The van der Waals surface area contributed by atoms with Gasteiger partial charge in [0.2, 0.25) is 0 Å². The smallest absolute Gasteiger partial charge is 0.168 e. The second-order valence-electron chi connectivity index (χ2n) is 2.90. The highest BCUT2D eigenvalue weighted by Gasteiger charge is 1.98. The molecule has 0 saturated heterocycles. The summed E-state index contributed by atoms with van der Waals surface area (Å²) in [4.78, 5) is 0. The monoisotopic (exact) mass is 195 g/mol. The second-order valence-corrected chi connectivity index (χ2v) is 3.34. The van der Waals surface area contributed by atoms with Gasteiger partial charge in [0.15, 0.2) is 5.11 Å². The van der Waals surface area contributed by atoms with E-state index >= 15 is 0 Å². The lowest BCUT2D eigenvalue weighted by atomic mass is 10.1. The molecule has 0 aliphatic carbocycles. The molecule has 0 spiro atoms. The Balaban J connectivity index is 2.75. The van der Waals surface area contributed by atoms with E-state index in [1.165, 1.54) is 0 Å². The van der Waals surface area contributed by atoms with E-state index in [4.69, 9.17) is 23.7 Å². The summed E-state index contributed by atoms with van der Waals surface area (Å²) in [6.07, 6.45) is 0. The fourth-order valence-electron chi connectivity index (χ4n) is 1.01. The van der Waals surface area contributed by atoms with E-state index in [-0.39, 0.29) is 11.2 Å². The molecule has 0 aliphatic heterocycles. The molecule has 0 aliphatic rings. The van der Waals surface area contributed by atoms with Gasteiger partial charge in [-0.2, -0.15) is 0 Å². The first-order valence-corrected chi connectivity index (χ1v) is 4.42. The van der Waals surface area contributed by atoms with Crippen molar-refractivity contribution in [2.45, 2.75) is 13.0 Å². The normalized spacial score (nSPS) is 12.2. The highest BCUT2D eigenvalue weighted by molar-refractivity contribution is 7.80. The van der Waals surface area contributed by atoms with Gasteiger partial charge in [-0.1, -0.05) is 12.1 Å². The van der Waals surface area contributed by atoms with Crippen LogP contribution in [0.3, 0.4) is 0 Å². The number of rotatable bonds is 2. The van der Waals surface area contributed by atoms with Crippen molar-refractivity contribution < 1.29 is 0 Å². The van der Waals surface area contributed by atoms with Crippen LogP contribution >= 0.6 is 12.2 Å². The quantitative estimate of drug-likeness (QED) is 0.623. The molecule has 0 unspecified atom stereocenters. The van der Waals surface area contributed by atoms with Crippen LogP contribution in [0.2, 0.25) is 0 Å². The first-order chi connectivity index (χ1) is 6.09. The third-order valence-corrected chi connectivity index (χ3v) is 1.81. The number of benzene rings is 1. The second kappa shape index (κ2) is 4.20. The van der Waals surface area contributed by atoms with Crippen LogP contribution in [0, 0.1) is 0 Å². The molecule has 1 aromatic rings. The van der Waals surface area contributed by atoms with E-state index in [1.807, 2.05) is 31.2 Å². The maximum Gasteiger partial charge on any atom is 0.168 e. The first-order valence-electron chi connectivity index (χ1n) is 4.01. The third kappa shape index (κ3) is 3.01. The molecule has 0 amide bonds. The largest absolute Gasteiger partial charge is 0.376 e. The van der Waals surface area contributed by atoms with Gasteiger partial charge in [-0.15, -0.1) is 0 Å². The van der Waals surface area contributed by atoms with Crippen molar-refractivity contribution in [1.82, 2.24) is 0 Å². The van der Waals surface area contributed by atoms with Crippen molar-refractivity contribution >= 4 is 23.0 Å². The maximum atomic E-state index is 5.69. The summed E-state index contributed by atoms with van der Waals surface area (Å²) >= 11 is 4.70. The summed E-state index contributed by atoms with van der Waals surface area (Å²) in [5.74, 6) is 0. The summed E-state index contributed by atoms with van der Waals surface area (Å²) in [5, 5.41) is 3.11. The lowest BCUT2D eigenvalue weighted by Crippen LogP contribution is -2.18. The molecule has 1 aromatic carbocycles. The summed E-state index contributed by atoms with van der Waals surface area (Å²) in [6.45, 7) is 1.94. The SMILES string of the molecule is C[C@@H](N)c1ccc(NC(N)=S)cc1. The van der Waals surface area contributed by atoms with E-state index in [9.17, 15) is 0 Å². The zero-order chi connectivity index (χ0) is 9.84. The van der Waals surface area contributed by atoms with E-state index in [1.54, 1.807) is 0 Å². The van der Waals surface area contributed by atoms with Crippen LogP contribution in [0.4, 0.5) is 5.69 Å². The number of hydrogen-bond donors (Lipinski definition) is 3. The van der Waals surface area contributed by atoms with Gasteiger partial charge in [0, 0.05) is 11.7 Å². The topological polar surface area (TPSA) is 64.1 Å². The number of thiocarbonyl (C=S) groups is 1. The van der Waals surface area contributed by atoms with Gasteiger partial charge < -0.3 is 16.8 Å². The molecule has 0 saturated carbocycles. The van der Waals surface area contributed by atoms with Crippen molar-refractivity contribution in [2.24, 2.45) is 11.5 Å². The van der Waals surface area contributed by atoms with Crippen LogP contribution in [-0.4, -0.2) is 5.11 Å². The van der Waals surface area contributed by atoms with E-state index in [2.05, 4.69) is 5.32 Å². The van der Waals surface area contributed by atoms with Gasteiger partial charge in [-0.3, -0.25) is 0 Å². The van der Waals surface area contributed by atoms with Crippen LogP contribution < -0.4 is 16.8 Å². The molecule has 3 nitrogen and oxygen atoms in total. The Kier molecular flexibility index (Phi) is 3.22. The highest BCUT2D eigenvalue weighted by Crippen LogP contribution is 2.13. The predicted molar refractivity (Wildman–Crippen MR) is 59.5 cm³/mol. The lowest BCUT2D eigenvalue weighted by Gasteiger charge is -2.07. The van der Waals surface area contributed by atoms with Crippen LogP contribution in [0.15, 0.2) is 24.3 Å². The zero-order valence-corrected chi connectivity index (χ0v) is 8.27. The van der Waals surface area contributed by atoms with Crippen molar-refractivity contribution in [2.75, 3.05) is 5.32 Å². The van der Waals surface area contributed by atoms with Crippen LogP contribution in [0.1, 0.15) is 18.5 Å². The molecule has 13 heavy (non-hydrogen) atoms. The molecule has 4 heteroatoms. The standard InChI is InChI=1S/C9H13N3S/c1-6(10)7-2-4-8(5-3-7)12-9(11)13/h2-6H,10H2,1H3,(H3,11,12,13)/t6-/m1/s1. The van der Waals surface area contributed by atoms with Crippen molar-refractivity contribution in [3.05, 3.63) is 29.8 Å². The molecule has 1 rings (SSSR count). The summed E-state index contributed by atoms with van der Waals surface area (Å²) in [5.41, 5.74) is 13.0. The molecule has 0 heterocycles. The minimum Gasteiger partial charge on any atom is -0.376 e. The summed E-state index contributed by atoms with van der Waals surface area (Å²) < 4.78 is 0. The van der Waals surface area contributed by atoms with Crippen LogP contribution in [0.5, 0.6) is 0 Å². The van der Waals surface area contributed by atoms with Gasteiger partial charge in [0.25, 0.3) is 0 Å². The summed E-state index contributed by atoms with van der Waals surface area (Å²) in [6, 6.07) is 7.76. The molecule has 0 radical (unpaired) electrons.